The van der Waals surface area contributed by atoms with Gasteiger partial charge in [-0.1, -0.05) is 60.7 Å². The molecular weight excluding hydrogens is 484 g/mol. The summed E-state index contributed by atoms with van der Waals surface area (Å²) in [5, 5.41) is 26.8. The monoisotopic (exact) mass is 516 g/mol. The molecule has 5 atom stereocenters. The average Bonchev–Trinajstić information content (AvgIpc) is 2.85. The molecule has 5 unspecified atom stereocenters. The van der Waals surface area contributed by atoms with E-state index in [1.807, 2.05) is 30.3 Å². The smallest absolute Gasteiger partial charge is 0.327 e. The molecule has 36 heavy (non-hydrogen) atoms. The first-order valence-corrected chi connectivity index (χ1v) is 12.0. The number of amides is 3. The van der Waals surface area contributed by atoms with Gasteiger partial charge in [0.05, 0.1) is 12.1 Å². The fourth-order valence-electron chi connectivity index (χ4n) is 3.40. The molecule has 0 saturated carbocycles. The Kier molecular flexibility index (Phi) is 11.4. The van der Waals surface area contributed by atoms with Gasteiger partial charge in [-0.2, -0.15) is 12.6 Å². The summed E-state index contributed by atoms with van der Waals surface area (Å²) in [6.45, 7) is 1.32. The van der Waals surface area contributed by atoms with E-state index in [1.54, 1.807) is 30.3 Å². The van der Waals surface area contributed by atoms with Gasteiger partial charge >= 0.3 is 5.97 Å². The quantitative estimate of drug-likeness (QED) is 0.178. The van der Waals surface area contributed by atoms with Crippen LogP contribution < -0.4 is 21.7 Å². The van der Waals surface area contributed by atoms with Gasteiger partial charge in [-0.3, -0.25) is 14.4 Å². The summed E-state index contributed by atoms with van der Waals surface area (Å²) in [5.41, 5.74) is 7.53. The molecular formula is C25H32N4O6S. The predicted molar refractivity (Wildman–Crippen MR) is 137 cm³/mol. The second-order valence-corrected chi connectivity index (χ2v) is 8.72. The average molecular weight is 517 g/mol. The van der Waals surface area contributed by atoms with E-state index in [2.05, 4.69) is 28.6 Å². The number of carboxylic acids is 1. The van der Waals surface area contributed by atoms with E-state index in [0.717, 1.165) is 5.56 Å². The maximum absolute atomic E-state index is 13.1. The molecule has 0 aliphatic rings. The minimum atomic E-state index is -1.40. The molecule has 2 aromatic rings. The van der Waals surface area contributed by atoms with Crippen LogP contribution in [0, 0.1) is 0 Å². The van der Waals surface area contributed by atoms with Gasteiger partial charge in [-0.05, 0) is 24.5 Å². The van der Waals surface area contributed by atoms with Gasteiger partial charge in [-0.15, -0.1) is 0 Å². The highest BCUT2D eigenvalue weighted by Crippen LogP contribution is 2.07. The molecule has 0 heterocycles. The molecule has 0 aliphatic carbocycles. The van der Waals surface area contributed by atoms with E-state index >= 15 is 0 Å². The number of aliphatic hydroxyl groups is 1. The molecule has 0 aliphatic heterocycles. The van der Waals surface area contributed by atoms with E-state index < -0.39 is 54.0 Å². The lowest BCUT2D eigenvalue weighted by Gasteiger charge is -2.26. The second-order valence-electron chi connectivity index (χ2n) is 8.36. The Hall–Kier alpha value is -3.41. The van der Waals surface area contributed by atoms with E-state index in [9.17, 15) is 29.4 Å². The van der Waals surface area contributed by atoms with E-state index in [4.69, 9.17) is 5.73 Å². The summed E-state index contributed by atoms with van der Waals surface area (Å²) in [6.07, 6.45) is -1.03. The lowest BCUT2D eigenvalue weighted by molar-refractivity contribution is -0.141. The van der Waals surface area contributed by atoms with Crippen molar-refractivity contribution in [3.63, 3.8) is 0 Å². The van der Waals surface area contributed by atoms with Crippen molar-refractivity contribution in [1.82, 2.24) is 16.0 Å². The van der Waals surface area contributed by atoms with E-state index in [-0.39, 0.29) is 18.6 Å². The van der Waals surface area contributed by atoms with Crippen molar-refractivity contribution in [1.29, 1.82) is 0 Å². The van der Waals surface area contributed by atoms with Gasteiger partial charge in [0, 0.05) is 12.2 Å². The minimum Gasteiger partial charge on any atom is -0.480 e. The number of rotatable bonds is 13. The first kappa shape index (κ1) is 28.8. The molecule has 194 valence electrons. The predicted octanol–water partition coefficient (Wildman–Crippen LogP) is -0.351. The van der Waals surface area contributed by atoms with Crippen molar-refractivity contribution in [2.24, 2.45) is 5.73 Å². The summed E-state index contributed by atoms with van der Waals surface area (Å²) in [4.78, 5) is 49.9. The van der Waals surface area contributed by atoms with Crippen LogP contribution in [0.15, 0.2) is 60.7 Å². The third-order valence-electron chi connectivity index (χ3n) is 5.41. The zero-order valence-electron chi connectivity index (χ0n) is 19.8. The number of carboxylic acid groups (broad SMARTS) is 1. The van der Waals surface area contributed by atoms with Crippen LogP contribution in [0.5, 0.6) is 0 Å². The third kappa shape index (κ3) is 8.99. The number of carbonyl (C=O) groups is 4. The number of aliphatic hydroxyl groups excluding tert-OH is 1. The Bertz CT molecular complexity index is 1020. The zero-order valence-corrected chi connectivity index (χ0v) is 20.7. The maximum atomic E-state index is 13.1. The van der Waals surface area contributed by atoms with Crippen LogP contribution in [-0.4, -0.2) is 69.9 Å². The van der Waals surface area contributed by atoms with Crippen LogP contribution in [0.25, 0.3) is 0 Å². The van der Waals surface area contributed by atoms with Crippen LogP contribution in [0.3, 0.4) is 0 Å². The summed E-state index contributed by atoms with van der Waals surface area (Å²) in [7, 11) is 0. The first-order chi connectivity index (χ1) is 17.1. The van der Waals surface area contributed by atoms with Crippen LogP contribution >= 0.6 is 12.6 Å². The van der Waals surface area contributed by atoms with Gasteiger partial charge in [0.1, 0.15) is 18.1 Å². The SMILES string of the molecule is CC(O)C(NC(=O)C(N)Cc1ccccc1)C(=O)NC(Cc1ccccc1)C(=O)NC(CS)C(=O)O. The number of thiol groups is 1. The van der Waals surface area contributed by atoms with Crippen molar-refractivity contribution in [2.45, 2.75) is 50.0 Å². The Labute approximate surface area is 215 Å². The topological polar surface area (TPSA) is 171 Å². The number of aliphatic carboxylic acids is 1. The van der Waals surface area contributed by atoms with Gasteiger partial charge in [0.25, 0.3) is 0 Å². The molecule has 0 saturated heterocycles. The minimum absolute atomic E-state index is 0.0469. The molecule has 11 heteroatoms. The van der Waals surface area contributed by atoms with Crippen molar-refractivity contribution in [3.8, 4) is 0 Å². The summed E-state index contributed by atoms with van der Waals surface area (Å²) < 4.78 is 0. The Morgan fingerprint density at radius 1 is 0.806 bits per heavy atom. The molecule has 10 nitrogen and oxygen atoms in total. The van der Waals surface area contributed by atoms with Crippen molar-refractivity contribution in [3.05, 3.63) is 71.8 Å². The summed E-state index contributed by atoms with van der Waals surface area (Å²) in [6, 6.07) is 13.1. The van der Waals surface area contributed by atoms with Crippen LogP contribution in [0.2, 0.25) is 0 Å². The first-order valence-electron chi connectivity index (χ1n) is 11.4. The Morgan fingerprint density at radius 3 is 1.78 bits per heavy atom. The highest BCUT2D eigenvalue weighted by Gasteiger charge is 2.32. The normalized spacial score (nSPS) is 15.0. The van der Waals surface area contributed by atoms with E-state index in [1.165, 1.54) is 6.92 Å². The van der Waals surface area contributed by atoms with Crippen molar-refractivity contribution >= 4 is 36.3 Å². The molecule has 2 rings (SSSR count). The molecule has 7 N–H and O–H groups in total. The standard InChI is InChI=1S/C25H32N4O6S/c1-15(30)21(29-22(31)18(26)12-16-8-4-2-5-9-16)24(33)27-19(13-17-10-6-3-7-11-17)23(32)28-20(14-36)25(34)35/h2-11,15,18-21,30,36H,12-14,26H2,1H3,(H,27,33)(H,28,32)(H,29,31)(H,34,35). The zero-order chi connectivity index (χ0) is 26.7. The van der Waals surface area contributed by atoms with Crippen LogP contribution in [0.1, 0.15) is 18.1 Å². The Morgan fingerprint density at radius 2 is 1.31 bits per heavy atom. The molecule has 0 aromatic heterocycles. The molecule has 0 fully saturated rings. The highest BCUT2D eigenvalue weighted by molar-refractivity contribution is 7.80. The lowest BCUT2D eigenvalue weighted by Crippen LogP contribution is -2.60. The van der Waals surface area contributed by atoms with Crippen molar-refractivity contribution < 1.29 is 29.4 Å². The number of benzene rings is 2. The number of nitrogens with two attached hydrogens (primary N) is 1. The van der Waals surface area contributed by atoms with Gasteiger partial charge < -0.3 is 31.9 Å². The van der Waals surface area contributed by atoms with Crippen LogP contribution in [0.4, 0.5) is 0 Å². The molecule has 3 amide bonds. The summed E-state index contributed by atoms with van der Waals surface area (Å²) in [5.74, 6) is -3.64. The fraction of sp³-hybridized carbons (Fsp3) is 0.360. The van der Waals surface area contributed by atoms with Gasteiger partial charge in [0.15, 0.2) is 0 Å². The number of hydrogen-bond donors (Lipinski definition) is 7. The fourth-order valence-corrected chi connectivity index (χ4v) is 3.65. The van der Waals surface area contributed by atoms with E-state index in [0.29, 0.717) is 5.56 Å². The highest BCUT2D eigenvalue weighted by atomic mass is 32.1. The molecule has 0 spiro atoms. The van der Waals surface area contributed by atoms with Gasteiger partial charge in [-0.25, -0.2) is 4.79 Å². The third-order valence-corrected chi connectivity index (χ3v) is 5.78. The molecule has 0 bridgehead atoms. The number of nitrogens with one attached hydrogen (secondary N) is 3. The van der Waals surface area contributed by atoms with Crippen LogP contribution in [-0.2, 0) is 32.0 Å². The number of hydrogen-bond acceptors (Lipinski definition) is 7. The second kappa shape index (κ2) is 14.2. The van der Waals surface area contributed by atoms with Gasteiger partial charge in [0.2, 0.25) is 17.7 Å². The van der Waals surface area contributed by atoms with Crippen molar-refractivity contribution in [2.75, 3.05) is 5.75 Å². The maximum Gasteiger partial charge on any atom is 0.327 e. The lowest BCUT2D eigenvalue weighted by atomic mass is 10.0. The Balaban J connectivity index is 2.15. The largest absolute Gasteiger partial charge is 0.480 e. The molecule has 2 aromatic carbocycles. The molecule has 0 radical (unpaired) electrons. The number of carbonyl (C=O) groups excluding carboxylic acids is 3. The summed E-state index contributed by atoms with van der Waals surface area (Å²) >= 11 is 3.94.